The van der Waals surface area contributed by atoms with Gasteiger partial charge >= 0.3 is 0 Å². The summed E-state index contributed by atoms with van der Waals surface area (Å²) >= 11 is 4.91. The predicted octanol–water partition coefficient (Wildman–Crippen LogP) is 5.86. The van der Waals surface area contributed by atoms with Crippen LogP contribution < -0.4 is 4.90 Å². The maximum atomic E-state index is 13.7. The molecule has 1 amide bonds. The molecule has 0 saturated carbocycles. The molecule has 1 unspecified atom stereocenters. The molecule has 1 aliphatic rings. The van der Waals surface area contributed by atoms with Crippen molar-refractivity contribution < 1.29 is 13.2 Å². The topological polar surface area (TPSA) is 83.5 Å². The van der Waals surface area contributed by atoms with Crippen molar-refractivity contribution in [2.75, 3.05) is 11.4 Å². The summed E-state index contributed by atoms with van der Waals surface area (Å²) in [7, 11) is -3.61. The highest BCUT2D eigenvalue weighted by atomic mass is 79.9. The molecule has 7 nitrogen and oxygen atoms in total. The van der Waals surface area contributed by atoms with E-state index in [1.165, 1.54) is 23.5 Å². The monoisotopic (exact) mass is 584 g/mol. The number of fused-ring (bicyclic) bond motifs is 1. The summed E-state index contributed by atoms with van der Waals surface area (Å²) in [5.74, 6) is -0.269. The summed E-state index contributed by atoms with van der Waals surface area (Å²) in [6, 6.07) is 17.5. The maximum absolute atomic E-state index is 13.7. The highest BCUT2D eigenvalue weighted by molar-refractivity contribution is 9.10. The molecule has 0 aliphatic carbocycles. The van der Waals surface area contributed by atoms with Crippen LogP contribution in [0.5, 0.6) is 0 Å². The summed E-state index contributed by atoms with van der Waals surface area (Å²) in [6.07, 6.45) is 4.45. The van der Waals surface area contributed by atoms with Gasteiger partial charge in [-0.2, -0.15) is 4.31 Å². The average molecular weight is 586 g/mol. The number of amides is 1. The SMILES string of the molecule is CC1CCCCN1S(=O)(=O)c1ccc(C(=O)N(Cc2ccccn2)c2nc3ccc(Br)cc3s2)cc1. The quantitative estimate of drug-likeness (QED) is 0.283. The van der Waals surface area contributed by atoms with Crippen LogP contribution in [0.4, 0.5) is 5.13 Å². The first-order chi connectivity index (χ1) is 17.3. The number of piperidine rings is 1. The van der Waals surface area contributed by atoms with Gasteiger partial charge < -0.3 is 0 Å². The second-order valence-electron chi connectivity index (χ2n) is 8.81. The number of thiazole rings is 1. The number of pyridine rings is 1. The van der Waals surface area contributed by atoms with Crippen molar-refractivity contribution in [2.45, 2.75) is 43.7 Å². The van der Waals surface area contributed by atoms with E-state index >= 15 is 0 Å². The molecule has 186 valence electrons. The van der Waals surface area contributed by atoms with Crippen LogP contribution in [-0.2, 0) is 16.6 Å². The van der Waals surface area contributed by atoms with Gasteiger partial charge in [-0.05, 0) is 74.4 Å². The fourth-order valence-electron chi connectivity index (χ4n) is 4.37. The third-order valence-electron chi connectivity index (χ3n) is 6.31. The van der Waals surface area contributed by atoms with Crippen LogP contribution in [0.1, 0.15) is 42.2 Å². The van der Waals surface area contributed by atoms with Gasteiger partial charge in [0.2, 0.25) is 10.0 Å². The molecule has 2 aromatic carbocycles. The van der Waals surface area contributed by atoms with E-state index in [0.717, 1.165) is 39.6 Å². The number of hydrogen-bond donors (Lipinski definition) is 0. The van der Waals surface area contributed by atoms with Crippen molar-refractivity contribution in [2.24, 2.45) is 0 Å². The molecule has 3 heterocycles. The number of rotatable bonds is 6. The summed E-state index contributed by atoms with van der Waals surface area (Å²) in [5.41, 5.74) is 1.91. The summed E-state index contributed by atoms with van der Waals surface area (Å²) in [6.45, 7) is 2.71. The van der Waals surface area contributed by atoms with Gasteiger partial charge in [-0.3, -0.25) is 14.7 Å². The van der Waals surface area contributed by atoms with E-state index in [9.17, 15) is 13.2 Å². The summed E-state index contributed by atoms with van der Waals surface area (Å²) < 4.78 is 29.9. The minimum Gasteiger partial charge on any atom is -0.278 e. The number of hydrogen-bond acceptors (Lipinski definition) is 6. The molecule has 4 aromatic rings. The molecule has 1 atom stereocenters. The van der Waals surface area contributed by atoms with Crippen LogP contribution in [0, 0.1) is 0 Å². The van der Waals surface area contributed by atoms with Crippen LogP contribution in [-0.4, -0.2) is 41.2 Å². The van der Waals surface area contributed by atoms with Gasteiger partial charge in [0.25, 0.3) is 5.91 Å². The molecule has 0 bridgehead atoms. The lowest BCUT2D eigenvalue weighted by Gasteiger charge is -2.32. The first kappa shape index (κ1) is 25.0. The van der Waals surface area contributed by atoms with Gasteiger partial charge in [0.1, 0.15) is 0 Å². The number of sulfonamides is 1. The van der Waals surface area contributed by atoms with Gasteiger partial charge in [0.15, 0.2) is 5.13 Å². The molecule has 10 heteroatoms. The summed E-state index contributed by atoms with van der Waals surface area (Å²) in [4.78, 5) is 24.6. The van der Waals surface area contributed by atoms with Crippen molar-refractivity contribution in [3.05, 3.63) is 82.6 Å². The molecular formula is C26H25BrN4O3S2. The zero-order valence-corrected chi connectivity index (χ0v) is 22.9. The van der Waals surface area contributed by atoms with E-state index in [1.54, 1.807) is 27.5 Å². The standard InChI is InChI=1S/C26H25BrN4O3S2/c1-18-6-3-5-15-31(18)36(33,34)22-11-8-19(9-12-22)25(32)30(17-21-7-2-4-14-28-21)26-29-23-13-10-20(27)16-24(23)35-26/h2,4,7-14,16,18H,3,5-6,15,17H2,1H3. The van der Waals surface area contributed by atoms with E-state index in [4.69, 9.17) is 4.98 Å². The van der Waals surface area contributed by atoms with E-state index in [2.05, 4.69) is 20.9 Å². The Morgan fingerprint density at radius 3 is 2.67 bits per heavy atom. The number of anilines is 1. The minimum atomic E-state index is -3.61. The van der Waals surface area contributed by atoms with Crippen LogP contribution in [0.3, 0.4) is 0 Å². The molecule has 0 radical (unpaired) electrons. The minimum absolute atomic E-state index is 0.0296. The van der Waals surface area contributed by atoms with Crippen LogP contribution in [0.2, 0.25) is 0 Å². The molecule has 1 aliphatic heterocycles. The Balaban J connectivity index is 1.47. The Hall–Kier alpha value is -2.66. The number of carbonyl (C=O) groups excluding carboxylic acids is 1. The van der Waals surface area contributed by atoms with E-state index in [-0.39, 0.29) is 23.4 Å². The van der Waals surface area contributed by atoms with Crippen molar-refractivity contribution >= 4 is 58.5 Å². The largest absolute Gasteiger partial charge is 0.278 e. The van der Waals surface area contributed by atoms with Crippen molar-refractivity contribution in [1.82, 2.24) is 14.3 Å². The Bertz CT molecular complexity index is 1490. The molecular weight excluding hydrogens is 560 g/mol. The van der Waals surface area contributed by atoms with Crippen LogP contribution >= 0.6 is 27.3 Å². The highest BCUT2D eigenvalue weighted by Crippen LogP contribution is 2.33. The zero-order valence-electron chi connectivity index (χ0n) is 19.7. The van der Waals surface area contributed by atoms with Crippen LogP contribution in [0.25, 0.3) is 10.2 Å². The predicted molar refractivity (Wildman–Crippen MR) is 146 cm³/mol. The third-order valence-corrected chi connectivity index (χ3v) is 9.87. The first-order valence-electron chi connectivity index (χ1n) is 11.7. The van der Waals surface area contributed by atoms with Gasteiger partial charge in [-0.15, -0.1) is 0 Å². The molecule has 2 aromatic heterocycles. The lowest BCUT2D eigenvalue weighted by atomic mass is 10.1. The van der Waals surface area contributed by atoms with Gasteiger partial charge in [-0.25, -0.2) is 13.4 Å². The normalized spacial score (nSPS) is 16.8. The highest BCUT2D eigenvalue weighted by Gasteiger charge is 2.31. The third kappa shape index (κ3) is 5.08. The molecule has 0 spiro atoms. The van der Waals surface area contributed by atoms with Crippen molar-refractivity contribution in [1.29, 1.82) is 0 Å². The maximum Gasteiger partial charge on any atom is 0.260 e. The Labute approximate surface area is 223 Å². The number of carbonyl (C=O) groups is 1. The molecule has 1 saturated heterocycles. The van der Waals surface area contributed by atoms with Gasteiger partial charge in [0.05, 0.1) is 27.4 Å². The van der Waals surface area contributed by atoms with Gasteiger partial charge in [-0.1, -0.05) is 39.8 Å². The number of halogens is 1. The first-order valence-corrected chi connectivity index (χ1v) is 14.8. The van der Waals surface area contributed by atoms with E-state index in [1.807, 2.05) is 43.3 Å². The number of aromatic nitrogens is 2. The average Bonchev–Trinajstić information content (AvgIpc) is 3.30. The Morgan fingerprint density at radius 1 is 1.14 bits per heavy atom. The molecule has 0 N–H and O–H groups in total. The fourth-order valence-corrected chi connectivity index (χ4v) is 7.59. The lowest BCUT2D eigenvalue weighted by Crippen LogP contribution is -2.41. The van der Waals surface area contributed by atoms with E-state index < -0.39 is 10.0 Å². The lowest BCUT2D eigenvalue weighted by molar-refractivity contribution is 0.0984. The van der Waals surface area contributed by atoms with Crippen molar-refractivity contribution in [3.63, 3.8) is 0 Å². The molecule has 5 rings (SSSR count). The van der Waals surface area contributed by atoms with E-state index in [0.29, 0.717) is 17.2 Å². The van der Waals surface area contributed by atoms with Crippen LogP contribution in [0.15, 0.2) is 76.2 Å². The molecule has 36 heavy (non-hydrogen) atoms. The Kier molecular flexibility index (Phi) is 7.21. The number of benzene rings is 2. The zero-order chi connectivity index (χ0) is 25.3. The Morgan fingerprint density at radius 2 is 1.94 bits per heavy atom. The van der Waals surface area contributed by atoms with Gasteiger partial charge in [0, 0.05) is 28.8 Å². The fraction of sp³-hybridized carbons (Fsp3) is 0.269. The second kappa shape index (κ2) is 10.4. The number of nitrogens with zero attached hydrogens (tertiary/aromatic N) is 4. The summed E-state index contributed by atoms with van der Waals surface area (Å²) in [5, 5.41) is 0.553. The van der Waals surface area contributed by atoms with Crippen molar-refractivity contribution in [3.8, 4) is 0 Å². The molecule has 1 fully saturated rings. The smallest absolute Gasteiger partial charge is 0.260 e. The second-order valence-corrected chi connectivity index (χ2v) is 12.6.